The molecule has 0 radical (unpaired) electrons. The molecule has 0 aliphatic heterocycles. The molecular formula is C21H26BrCl2NO2. The van der Waals surface area contributed by atoms with Crippen molar-refractivity contribution < 1.29 is 9.47 Å². The molecule has 27 heavy (non-hydrogen) atoms. The second kappa shape index (κ2) is 12.6. The fourth-order valence-corrected chi connectivity index (χ4v) is 3.36. The lowest BCUT2D eigenvalue weighted by molar-refractivity contribution is 0.128. The summed E-state index contributed by atoms with van der Waals surface area (Å²) in [7, 11) is 0. The second-order valence-corrected chi connectivity index (χ2v) is 8.03. The molecule has 0 saturated heterocycles. The largest absolute Gasteiger partial charge is 0.489 e. The lowest BCUT2D eigenvalue weighted by Gasteiger charge is -2.14. The third kappa shape index (κ3) is 8.41. The van der Waals surface area contributed by atoms with Gasteiger partial charge in [-0.3, -0.25) is 0 Å². The van der Waals surface area contributed by atoms with E-state index in [9.17, 15) is 0 Å². The second-order valence-electron chi connectivity index (χ2n) is 6.27. The molecule has 3 nitrogen and oxygen atoms in total. The van der Waals surface area contributed by atoms with E-state index in [4.69, 9.17) is 32.7 Å². The topological polar surface area (TPSA) is 30.5 Å². The van der Waals surface area contributed by atoms with Crippen molar-refractivity contribution >= 4 is 39.1 Å². The van der Waals surface area contributed by atoms with E-state index in [1.165, 1.54) is 6.42 Å². The molecule has 0 fully saturated rings. The minimum Gasteiger partial charge on any atom is -0.489 e. The van der Waals surface area contributed by atoms with Gasteiger partial charge in [-0.25, -0.2) is 0 Å². The summed E-state index contributed by atoms with van der Waals surface area (Å²) in [6.45, 7) is 5.86. The highest BCUT2D eigenvalue weighted by atomic mass is 79.9. The molecule has 1 N–H and O–H groups in total. The molecule has 0 heterocycles. The van der Waals surface area contributed by atoms with Crippen LogP contribution >= 0.6 is 39.1 Å². The Morgan fingerprint density at radius 1 is 1.00 bits per heavy atom. The van der Waals surface area contributed by atoms with Gasteiger partial charge in [0.15, 0.2) is 0 Å². The number of halogens is 3. The van der Waals surface area contributed by atoms with Gasteiger partial charge in [0.05, 0.1) is 0 Å². The van der Waals surface area contributed by atoms with Gasteiger partial charge in [-0.2, -0.15) is 0 Å². The SMILES string of the molecule is CCCCOCCCNCc1cc(Br)ccc1OCc1ccc(Cl)cc1Cl. The number of nitrogens with one attached hydrogen (secondary N) is 1. The van der Waals surface area contributed by atoms with E-state index >= 15 is 0 Å². The zero-order chi connectivity index (χ0) is 19.5. The predicted octanol–water partition coefficient (Wildman–Crippen LogP) is 6.63. The van der Waals surface area contributed by atoms with Crippen molar-refractivity contribution in [2.24, 2.45) is 0 Å². The zero-order valence-electron chi connectivity index (χ0n) is 15.6. The molecule has 0 bridgehead atoms. The number of unbranched alkanes of at least 4 members (excludes halogenated alkanes) is 1. The maximum absolute atomic E-state index is 6.23. The summed E-state index contributed by atoms with van der Waals surface area (Å²) in [6, 6.07) is 11.5. The summed E-state index contributed by atoms with van der Waals surface area (Å²) in [4.78, 5) is 0. The van der Waals surface area contributed by atoms with E-state index in [1.807, 2.05) is 24.3 Å². The Balaban J connectivity index is 1.83. The van der Waals surface area contributed by atoms with Crippen LogP contribution in [0.5, 0.6) is 5.75 Å². The summed E-state index contributed by atoms with van der Waals surface area (Å²) in [5.41, 5.74) is 2.01. The first-order chi connectivity index (χ1) is 13.1. The maximum atomic E-state index is 6.23. The number of hydrogen-bond acceptors (Lipinski definition) is 3. The predicted molar refractivity (Wildman–Crippen MR) is 117 cm³/mol. The molecule has 0 saturated carbocycles. The molecule has 0 amide bonds. The highest BCUT2D eigenvalue weighted by Gasteiger charge is 2.07. The van der Waals surface area contributed by atoms with Crippen LogP contribution in [0.1, 0.15) is 37.3 Å². The summed E-state index contributed by atoms with van der Waals surface area (Å²) >= 11 is 15.7. The maximum Gasteiger partial charge on any atom is 0.124 e. The number of benzene rings is 2. The molecule has 0 unspecified atom stereocenters. The van der Waals surface area contributed by atoms with Crippen LogP contribution in [0.4, 0.5) is 0 Å². The molecule has 0 aromatic heterocycles. The number of rotatable bonds is 12. The van der Waals surface area contributed by atoms with Crippen LogP contribution in [0.3, 0.4) is 0 Å². The van der Waals surface area contributed by atoms with E-state index < -0.39 is 0 Å². The molecule has 6 heteroatoms. The van der Waals surface area contributed by atoms with Gasteiger partial charge < -0.3 is 14.8 Å². The first-order valence-corrected chi connectivity index (χ1v) is 10.8. The van der Waals surface area contributed by atoms with Gasteiger partial charge in [-0.15, -0.1) is 0 Å². The van der Waals surface area contributed by atoms with Crippen LogP contribution in [0.2, 0.25) is 10.0 Å². The van der Waals surface area contributed by atoms with E-state index in [1.54, 1.807) is 6.07 Å². The van der Waals surface area contributed by atoms with Crippen molar-refractivity contribution in [2.75, 3.05) is 19.8 Å². The van der Waals surface area contributed by atoms with Crippen molar-refractivity contribution in [3.05, 3.63) is 62.0 Å². The third-order valence-corrected chi connectivity index (χ3v) is 5.10. The highest BCUT2D eigenvalue weighted by Crippen LogP contribution is 2.26. The number of hydrogen-bond donors (Lipinski definition) is 1. The standard InChI is InChI=1S/C21H26BrCl2NO2/c1-2-3-10-26-11-4-9-25-14-17-12-18(22)6-8-21(17)27-15-16-5-7-19(23)13-20(16)24/h5-8,12-13,25H,2-4,9-11,14-15H2,1H3. The smallest absolute Gasteiger partial charge is 0.124 e. The van der Waals surface area contributed by atoms with Gasteiger partial charge in [0.2, 0.25) is 0 Å². The number of ether oxygens (including phenoxy) is 2. The Bertz CT molecular complexity index is 713. The Labute approximate surface area is 180 Å². The fraction of sp³-hybridized carbons (Fsp3) is 0.429. The normalized spacial score (nSPS) is 11.0. The molecule has 2 aromatic rings. The van der Waals surface area contributed by atoms with E-state index in [0.717, 1.165) is 60.5 Å². The van der Waals surface area contributed by atoms with Crippen LogP contribution in [0.15, 0.2) is 40.9 Å². The quantitative estimate of drug-likeness (QED) is 0.350. The molecule has 2 rings (SSSR count). The van der Waals surface area contributed by atoms with Gasteiger partial charge in [-0.05, 0) is 49.7 Å². The molecule has 2 aromatic carbocycles. The van der Waals surface area contributed by atoms with Gasteiger partial charge in [0.1, 0.15) is 12.4 Å². The monoisotopic (exact) mass is 473 g/mol. The van der Waals surface area contributed by atoms with Gasteiger partial charge >= 0.3 is 0 Å². The minimum atomic E-state index is 0.399. The van der Waals surface area contributed by atoms with E-state index in [-0.39, 0.29) is 0 Å². The Morgan fingerprint density at radius 3 is 2.59 bits per heavy atom. The van der Waals surface area contributed by atoms with Crippen LogP contribution < -0.4 is 10.1 Å². The van der Waals surface area contributed by atoms with E-state index in [2.05, 4.69) is 34.2 Å². The van der Waals surface area contributed by atoms with Gasteiger partial charge in [0.25, 0.3) is 0 Å². The summed E-state index contributed by atoms with van der Waals surface area (Å²) in [5.74, 6) is 0.843. The summed E-state index contributed by atoms with van der Waals surface area (Å²) in [5, 5.41) is 4.69. The van der Waals surface area contributed by atoms with Crippen molar-refractivity contribution in [3.8, 4) is 5.75 Å². The Morgan fingerprint density at radius 2 is 1.81 bits per heavy atom. The van der Waals surface area contributed by atoms with Crippen molar-refractivity contribution in [1.29, 1.82) is 0 Å². The average molecular weight is 475 g/mol. The van der Waals surface area contributed by atoms with Crippen LogP contribution in [-0.2, 0) is 17.9 Å². The molecular weight excluding hydrogens is 449 g/mol. The molecule has 0 spiro atoms. The van der Waals surface area contributed by atoms with Crippen LogP contribution in [0, 0.1) is 0 Å². The minimum absolute atomic E-state index is 0.399. The van der Waals surface area contributed by atoms with Gasteiger partial charge in [-0.1, -0.05) is 58.5 Å². The van der Waals surface area contributed by atoms with E-state index in [0.29, 0.717) is 16.7 Å². The zero-order valence-corrected chi connectivity index (χ0v) is 18.7. The van der Waals surface area contributed by atoms with Crippen molar-refractivity contribution in [1.82, 2.24) is 5.32 Å². The Kier molecular flexibility index (Phi) is 10.5. The molecule has 0 atom stereocenters. The highest BCUT2D eigenvalue weighted by molar-refractivity contribution is 9.10. The molecule has 148 valence electrons. The van der Waals surface area contributed by atoms with Gasteiger partial charge in [0, 0.05) is 45.4 Å². The summed E-state index contributed by atoms with van der Waals surface area (Å²) in [6.07, 6.45) is 3.29. The van der Waals surface area contributed by atoms with Crippen molar-refractivity contribution in [3.63, 3.8) is 0 Å². The average Bonchev–Trinajstić information content (AvgIpc) is 2.64. The van der Waals surface area contributed by atoms with Crippen LogP contribution in [-0.4, -0.2) is 19.8 Å². The fourth-order valence-electron chi connectivity index (χ4n) is 2.49. The third-order valence-electron chi connectivity index (χ3n) is 4.02. The molecule has 0 aliphatic carbocycles. The lowest BCUT2D eigenvalue weighted by atomic mass is 10.2. The Hall–Kier alpha value is -0.780. The van der Waals surface area contributed by atoms with Crippen molar-refractivity contribution in [2.45, 2.75) is 39.3 Å². The first kappa shape index (κ1) is 22.5. The van der Waals surface area contributed by atoms with Crippen LogP contribution in [0.25, 0.3) is 0 Å². The molecule has 0 aliphatic rings. The first-order valence-electron chi connectivity index (χ1n) is 9.23. The lowest BCUT2D eigenvalue weighted by Crippen LogP contribution is -2.17. The summed E-state index contributed by atoms with van der Waals surface area (Å²) < 4.78 is 12.6.